The first-order chi connectivity index (χ1) is 15.4. The van der Waals surface area contributed by atoms with Gasteiger partial charge in [0.2, 0.25) is 10.0 Å². The number of nitrogens with zero attached hydrogens (tertiary/aromatic N) is 4. The van der Waals surface area contributed by atoms with Gasteiger partial charge in [0.15, 0.2) is 0 Å². The predicted molar refractivity (Wildman–Crippen MR) is 125 cm³/mol. The van der Waals surface area contributed by atoms with Crippen molar-refractivity contribution in [3.8, 4) is 0 Å². The van der Waals surface area contributed by atoms with Crippen LogP contribution in [0.25, 0.3) is 11.0 Å². The van der Waals surface area contributed by atoms with Gasteiger partial charge in [0, 0.05) is 38.3 Å². The van der Waals surface area contributed by atoms with Crippen LogP contribution in [0.5, 0.6) is 0 Å². The van der Waals surface area contributed by atoms with Gasteiger partial charge in [-0.25, -0.2) is 13.4 Å². The van der Waals surface area contributed by atoms with Crippen LogP contribution in [0.1, 0.15) is 37.0 Å². The smallest absolute Gasteiger partial charge is 0.253 e. The molecule has 7 nitrogen and oxygen atoms in total. The lowest BCUT2D eigenvalue weighted by Crippen LogP contribution is -2.39. The van der Waals surface area contributed by atoms with E-state index in [0.717, 1.165) is 30.4 Å². The van der Waals surface area contributed by atoms with E-state index < -0.39 is 10.0 Å². The SMILES string of the molecule is CCN(CC)S(=O)(=O)c1ccc(C(=O)N2CCC(Cn3cnc4ccccc43)CC2)cc1. The van der Waals surface area contributed by atoms with Crippen molar-refractivity contribution in [2.24, 2.45) is 5.92 Å². The Balaban J connectivity index is 1.37. The molecule has 2 aromatic carbocycles. The highest BCUT2D eigenvalue weighted by atomic mass is 32.2. The number of rotatable bonds is 7. The number of amides is 1. The second kappa shape index (κ2) is 9.42. The Morgan fingerprint density at radius 2 is 1.69 bits per heavy atom. The monoisotopic (exact) mass is 454 g/mol. The summed E-state index contributed by atoms with van der Waals surface area (Å²) in [4.78, 5) is 19.5. The van der Waals surface area contributed by atoms with Crippen molar-refractivity contribution >= 4 is 27.0 Å². The van der Waals surface area contributed by atoms with Crippen LogP contribution in [0.3, 0.4) is 0 Å². The van der Waals surface area contributed by atoms with Crippen LogP contribution in [-0.2, 0) is 16.6 Å². The first-order valence-corrected chi connectivity index (χ1v) is 12.7. The number of carbonyl (C=O) groups excluding carboxylic acids is 1. The molecule has 0 spiro atoms. The zero-order valence-electron chi connectivity index (χ0n) is 18.6. The van der Waals surface area contributed by atoms with E-state index in [-0.39, 0.29) is 10.8 Å². The largest absolute Gasteiger partial charge is 0.339 e. The van der Waals surface area contributed by atoms with Gasteiger partial charge < -0.3 is 9.47 Å². The summed E-state index contributed by atoms with van der Waals surface area (Å²) < 4.78 is 28.9. The summed E-state index contributed by atoms with van der Waals surface area (Å²) in [6.45, 7) is 6.79. The van der Waals surface area contributed by atoms with E-state index in [9.17, 15) is 13.2 Å². The third-order valence-electron chi connectivity index (χ3n) is 6.33. The molecular formula is C24H30N4O3S. The van der Waals surface area contributed by atoms with Crippen LogP contribution in [0.2, 0.25) is 0 Å². The van der Waals surface area contributed by atoms with E-state index in [2.05, 4.69) is 15.6 Å². The molecule has 0 bridgehead atoms. The molecule has 1 aromatic heterocycles. The Morgan fingerprint density at radius 3 is 2.34 bits per heavy atom. The van der Waals surface area contributed by atoms with E-state index in [1.54, 1.807) is 12.1 Å². The summed E-state index contributed by atoms with van der Waals surface area (Å²) in [7, 11) is -3.52. The lowest BCUT2D eigenvalue weighted by Gasteiger charge is -2.32. The van der Waals surface area contributed by atoms with Crippen molar-refractivity contribution in [3.63, 3.8) is 0 Å². The minimum absolute atomic E-state index is 0.0386. The molecule has 3 aromatic rings. The minimum atomic E-state index is -3.52. The Bertz CT molecular complexity index is 1180. The van der Waals surface area contributed by atoms with Gasteiger partial charge in [0.25, 0.3) is 5.91 Å². The highest BCUT2D eigenvalue weighted by Gasteiger charge is 2.26. The van der Waals surface area contributed by atoms with Gasteiger partial charge in [0.05, 0.1) is 22.3 Å². The van der Waals surface area contributed by atoms with E-state index in [1.807, 2.05) is 43.3 Å². The molecular weight excluding hydrogens is 424 g/mol. The van der Waals surface area contributed by atoms with Crippen LogP contribution in [0.4, 0.5) is 0 Å². The van der Waals surface area contributed by atoms with Crippen LogP contribution >= 0.6 is 0 Å². The molecule has 0 aliphatic carbocycles. The van der Waals surface area contributed by atoms with E-state index in [0.29, 0.717) is 37.7 Å². The number of para-hydroxylation sites is 2. The predicted octanol–water partition coefficient (Wildman–Crippen LogP) is 3.62. The molecule has 1 fully saturated rings. The maximum Gasteiger partial charge on any atom is 0.253 e. The Labute approximate surface area is 189 Å². The van der Waals surface area contributed by atoms with Gasteiger partial charge in [-0.2, -0.15) is 4.31 Å². The molecule has 1 aliphatic rings. The second-order valence-corrected chi connectivity index (χ2v) is 10.2. The molecule has 0 atom stereocenters. The minimum Gasteiger partial charge on any atom is -0.339 e. The summed E-state index contributed by atoms with van der Waals surface area (Å²) in [5, 5.41) is 0. The average Bonchev–Trinajstić information content (AvgIpc) is 3.22. The Hall–Kier alpha value is -2.71. The standard InChI is InChI=1S/C24H30N4O3S/c1-3-28(4-2)32(30,31)21-11-9-20(10-12-21)24(29)26-15-13-19(14-16-26)17-27-18-25-22-7-5-6-8-23(22)27/h5-12,18-19H,3-4,13-17H2,1-2H3. The number of sulfonamides is 1. The van der Waals surface area contributed by atoms with E-state index in [4.69, 9.17) is 0 Å². The zero-order valence-corrected chi connectivity index (χ0v) is 19.5. The molecule has 0 N–H and O–H groups in total. The molecule has 1 aliphatic heterocycles. The van der Waals surface area contributed by atoms with Crippen molar-refractivity contribution in [2.45, 2.75) is 38.1 Å². The van der Waals surface area contributed by atoms with E-state index in [1.165, 1.54) is 16.4 Å². The fourth-order valence-electron chi connectivity index (χ4n) is 4.42. The maximum absolute atomic E-state index is 13.0. The molecule has 8 heteroatoms. The number of benzene rings is 2. The number of carbonyl (C=O) groups is 1. The van der Waals surface area contributed by atoms with Gasteiger partial charge in [-0.15, -0.1) is 0 Å². The number of aromatic nitrogens is 2. The number of fused-ring (bicyclic) bond motifs is 1. The van der Waals surface area contributed by atoms with Gasteiger partial charge in [-0.3, -0.25) is 4.79 Å². The summed E-state index contributed by atoms with van der Waals surface area (Å²) in [5.41, 5.74) is 2.68. The van der Waals surface area contributed by atoms with Crippen molar-refractivity contribution < 1.29 is 13.2 Å². The van der Waals surface area contributed by atoms with Crippen LogP contribution in [-0.4, -0.2) is 59.3 Å². The quantitative estimate of drug-likeness (QED) is 0.546. The van der Waals surface area contributed by atoms with Crippen LogP contribution in [0.15, 0.2) is 59.8 Å². The highest BCUT2D eigenvalue weighted by molar-refractivity contribution is 7.89. The summed E-state index contributed by atoms with van der Waals surface area (Å²) in [6, 6.07) is 14.5. The van der Waals surface area contributed by atoms with Crippen molar-refractivity contribution in [1.29, 1.82) is 0 Å². The molecule has 1 saturated heterocycles. The maximum atomic E-state index is 13.0. The number of imidazole rings is 1. The Morgan fingerprint density at radius 1 is 1.03 bits per heavy atom. The van der Waals surface area contributed by atoms with Crippen molar-refractivity contribution in [1.82, 2.24) is 18.8 Å². The lowest BCUT2D eigenvalue weighted by atomic mass is 9.96. The van der Waals surface area contributed by atoms with Gasteiger partial charge in [-0.05, 0) is 55.2 Å². The topological polar surface area (TPSA) is 75.5 Å². The number of piperidine rings is 1. The number of hydrogen-bond donors (Lipinski definition) is 0. The first kappa shape index (κ1) is 22.5. The van der Waals surface area contributed by atoms with Crippen LogP contribution in [0, 0.1) is 5.92 Å². The zero-order chi connectivity index (χ0) is 22.7. The lowest BCUT2D eigenvalue weighted by molar-refractivity contribution is 0.0683. The molecule has 4 rings (SSSR count). The van der Waals surface area contributed by atoms with Crippen molar-refractivity contribution in [2.75, 3.05) is 26.2 Å². The molecule has 0 radical (unpaired) electrons. The van der Waals surface area contributed by atoms with E-state index >= 15 is 0 Å². The molecule has 170 valence electrons. The first-order valence-electron chi connectivity index (χ1n) is 11.2. The third kappa shape index (κ3) is 4.42. The highest BCUT2D eigenvalue weighted by Crippen LogP contribution is 2.24. The molecule has 0 saturated carbocycles. The molecule has 32 heavy (non-hydrogen) atoms. The molecule has 2 heterocycles. The number of hydrogen-bond acceptors (Lipinski definition) is 4. The van der Waals surface area contributed by atoms with Crippen molar-refractivity contribution in [3.05, 3.63) is 60.4 Å². The molecule has 0 unspecified atom stereocenters. The molecule has 1 amide bonds. The van der Waals surface area contributed by atoms with Gasteiger partial charge in [0.1, 0.15) is 0 Å². The third-order valence-corrected chi connectivity index (χ3v) is 8.39. The normalized spacial score (nSPS) is 15.5. The fourth-order valence-corrected chi connectivity index (χ4v) is 5.88. The van der Waals surface area contributed by atoms with Crippen LogP contribution < -0.4 is 0 Å². The second-order valence-electron chi connectivity index (χ2n) is 8.23. The number of likely N-dealkylation sites (tertiary alicyclic amines) is 1. The summed E-state index contributed by atoms with van der Waals surface area (Å²) in [5.74, 6) is 0.460. The summed E-state index contributed by atoms with van der Waals surface area (Å²) >= 11 is 0. The van der Waals surface area contributed by atoms with Gasteiger partial charge in [-0.1, -0.05) is 26.0 Å². The average molecular weight is 455 g/mol. The summed E-state index contributed by atoms with van der Waals surface area (Å²) in [6.07, 6.45) is 3.77. The fraction of sp³-hybridized carbons (Fsp3) is 0.417. The van der Waals surface area contributed by atoms with Gasteiger partial charge >= 0.3 is 0 Å². The Kier molecular flexibility index (Phi) is 6.62.